The molecule has 2 aromatic heterocycles. The fraction of sp³-hybridized carbons (Fsp3) is 0.294. The summed E-state index contributed by atoms with van der Waals surface area (Å²) in [6.45, 7) is 4.39. The van der Waals surface area contributed by atoms with Crippen molar-refractivity contribution < 1.29 is 0 Å². The second-order valence-electron chi connectivity index (χ2n) is 5.36. The van der Waals surface area contributed by atoms with Crippen molar-refractivity contribution in [2.75, 3.05) is 30.3 Å². The number of hydrogen-bond donors (Lipinski definition) is 3. The normalized spacial score (nSPS) is 10.9. The van der Waals surface area contributed by atoms with Crippen molar-refractivity contribution in [3.05, 3.63) is 42.7 Å². The third-order valence-electron chi connectivity index (χ3n) is 3.57. The van der Waals surface area contributed by atoms with Crippen LogP contribution in [0.5, 0.6) is 0 Å². The van der Waals surface area contributed by atoms with E-state index in [-0.39, 0.29) is 0 Å². The highest BCUT2D eigenvalue weighted by molar-refractivity contribution is 5.79. The van der Waals surface area contributed by atoms with Crippen LogP contribution >= 0.6 is 0 Å². The molecule has 120 valence electrons. The van der Waals surface area contributed by atoms with Gasteiger partial charge in [-0.3, -0.25) is 0 Å². The second kappa shape index (κ2) is 7.11. The predicted molar refractivity (Wildman–Crippen MR) is 94.7 cm³/mol. The highest BCUT2D eigenvalue weighted by atomic mass is 15.2. The lowest BCUT2D eigenvalue weighted by Gasteiger charge is -2.07. The molecule has 4 N–H and O–H groups in total. The number of aromatic nitrogens is 3. The van der Waals surface area contributed by atoms with Gasteiger partial charge >= 0.3 is 0 Å². The van der Waals surface area contributed by atoms with Crippen molar-refractivity contribution in [1.29, 1.82) is 0 Å². The molecule has 1 aromatic carbocycles. The van der Waals surface area contributed by atoms with E-state index in [0.29, 0.717) is 13.1 Å². The topological polar surface area (TPSA) is 80.3 Å². The molecule has 0 saturated heterocycles. The quantitative estimate of drug-likeness (QED) is 0.625. The van der Waals surface area contributed by atoms with Crippen LogP contribution in [0.4, 0.5) is 11.5 Å². The van der Waals surface area contributed by atoms with E-state index in [9.17, 15) is 0 Å². The molecule has 6 nitrogen and oxygen atoms in total. The van der Waals surface area contributed by atoms with Crippen molar-refractivity contribution in [1.82, 2.24) is 14.6 Å². The lowest BCUT2D eigenvalue weighted by Crippen LogP contribution is -2.14. The molecule has 0 atom stereocenters. The van der Waals surface area contributed by atoms with Gasteiger partial charge in [-0.2, -0.15) is 5.10 Å². The summed E-state index contributed by atoms with van der Waals surface area (Å²) in [5.41, 5.74) is 9.59. The van der Waals surface area contributed by atoms with E-state index in [1.54, 1.807) is 4.52 Å². The Morgan fingerprint density at radius 3 is 2.91 bits per heavy atom. The minimum atomic E-state index is 0.574. The molecule has 0 bridgehead atoms. The van der Waals surface area contributed by atoms with Gasteiger partial charge in [-0.25, -0.2) is 9.50 Å². The highest BCUT2D eigenvalue weighted by Crippen LogP contribution is 2.26. The largest absolute Gasteiger partial charge is 0.385 e. The molecule has 23 heavy (non-hydrogen) atoms. The third-order valence-corrected chi connectivity index (χ3v) is 3.57. The molecular weight excluding hydrogens is 288 g/mol. The second-order valence-corrected chi connectivity index (χ2v) is 5.36. The zero-order valence-corrected chi connectivity index (χ0v) is 13.3. The molecule has 3 aromatic rings. The average molecular weight is 310 g/mol. The molecule has 0 spiro atoms. The van der Waals surface area contributed by atoms with Gasteiger partial charge in [-0.05, 0) is 30.2 Å². The Bertz CT molecular complexity index is 780. The summed E-state index contributed by atoms with van der Waals surface area (Å²) in [7, 11) is 0. The van der Waals surface area contributed by atoms with Gasteiger partial charge in [0, 0.05) is 37.1 Å². The minimum absolute atomic E-state index is 0.574. The number of fused-ring (bicyclic) bond motifs is 1. The molecule has 6 heteroatoms. The number of benzene rings is 1. The molecule has 0 saturated carbocycles. The van der Waals surface area contributed by atoms with Crippen LogP contribution in [0.25, 0.3) is 16.8 Å². The molecule has 0 amide bonds. The summed E-state index contributed by atoms with van der Waals surface area (Å²) >= 11 is 0. The van der Waals surface area contributed by atoms with Crippen molar-refractivity contribution in [2.45, 2.75) is 13.3 Å². The first kappa shape index (κ1) is 15.3. The van der Waals surface area contributed by atoms with E-state index in [1.807, 2.05) is 24.5 Å². The molecule has 3 rings (SSSR count). The number of nitrogens with zero attached hydrogens (tertiary/aromatic N) is 3. The molecular formula is C17H22N6. The number of hydrogen-bond acceptors (Lipinski definition) is 5. The molecule has 2 heterocycles. The van der Waals surface area contributed by atoms with Gasteiger partial charge in [0.1, 0.15) is 5.82 Å². The monoisotopic (exact) mass is 310 g/mol. The van der Waals surface area contributed by atoms with Gasteiger partial charge in [-0.15, -0.1) is 0 Å². The van der Waals surface area contributed by atoms with E-state index < -0.39 is 0 Å². The van der Waals surface area contributed by atoms with Crippen molar-refractivity contribution in [3.8, 4) is 11.1 Å². The van der Waals surface area contributed by atoms with E-state index in [2.05, 4.69) is 45.8 Å². The molecule has 0 unspecified atom stereocenters. The molecule has 0 aliphatic carbocycles. The maximum Gasteiger partial charge on any atom is 0.165 e. The Morgan fingerprint density at radius 2 is 2.09 bits per heavy atom. The van der Waals surface area contributed by atoms with Crippen LogP contribution in [0.1, 0.15) is 13.3 Å². The van der Waals surface area contributed by atoms with Crippen LogP contribution < -0.4 is 16.4 Å². The summed E-state index contributed by atoms with van der Waals surface area (Å²) < 4.78 is 1.79. The Balaban J connectivity index is 1.95. The van der Waals surface area contributed by atoms with Gasteiger partial charge in [-0.1, -0.05) is 19.1 Å². The van der Waals surface area contributed by atoms with Gasteiger partial charge in [0.15, 0.2) is 5.65 Å². The molecule has 0 aliphatic heterocycles. The first-order chi connectivity index (χ1) is 11.3. The standard InChI is InChI=1S/C17H22N6/c1-2-8-19-14-5-3-4-13(11-14)15-12-21-23-10-6-16(20-9-7-18)22-17(15)23/h3-6,10-12,19H,2,7-9,18H2,1H3,(H,20,22). The summed E-state index contributed by atoms with van der Waals surface area (Å²) in [6.07, 6.45) is 4.86. The summed E-state index contributed by atoms with van der Waals surface area (Å²) in [5.74, 6) is 0.810. The van der Waals surface area contributed by atoms with Crippen LogP contribution in [-0.4, -0.2) is 34.2 Å². The van der Waals surface area contributed by atoms with Gasteiger partial charge < -0.3 is 16.4 Å². The Labute approximate surface area is 135 Å². The van der Waals surface area contributed by atoms with Crippen molar-refractivity contribution in [3.63, 3.8) is 0 Å². The van der Waals surface area contributed by atoms with E-state index in [0.717, 1.165) is 41.2 Å². The van der Waals surface area contributed by atoms with Crippen LogP contribution in [0.15, 0.2) is 42.7 Å². The molecule has 0 fully saturated rings. The maximum absolute atomic E-state index is 5.53. The van der Waals surface area contributed by atoms with E-state index >= 15 is 0 Å². The summed E-state index contributed by atoms with van der Waals surface area (Å²) in [5, 5.41) is 11.0. The average Bonchev–Trinajstić information content (AvgIpc) is 3.01. The molecule has 0 radical (unpaired) electrons. The van der Waals surface area contributed by atoms with E-state index in [1.165, 1.54) is 0 Å². The van der Waals surface area contributed by atoms with Gasteiger partial charge in [0.25, 0.3) is 0 Å². The zero-order valence-electron chi connectivity index (χ0n) is 13.3. The zero-order chi connectivity index (χ0) is 16.1. The maximum atomic E-state index is 5.53. The van der Waals surface area contributed by atoms with E-state index in [4.69, 9.17) is 5.73 Å². The SMILES string of the molecule is CCCNc1cccc(-c2cnn3ccc(NCCN)nc23)c1. The minimum Gasteiger partial charge on any atom is -0.385 e. The summed E-state index contributed by atoms with van der Waals surface area (Å²) in [4.78, 5) is 4.65. The highest BCUT2D eigenvalue weighted by Gasteiger charge is 2.09. The molecule has 0 aliphatic rings. The third kappa shape index (κ3) is 3.43. The Kier molecular flexibility index (Phi) is 4.73. The number of rotatable bonds is 7. The first-order valence-corrected chi connectivity index (χ1v) is 7.94. The van der Waals surface area contributed by atoms with Gasteiger partial charge in [0.05, 0.1) is 6.20 Å². The Morgan fingerprint density at radius 1 is 1.17 bits per heavy atom. The lowest BCUT2D eigenvalue weighted by atomic mass is 10.1. The van der Waals surface area contributed by atoms with Gasteiger partial charge in [0.2, 0.25) is 0 Å². The summed E-state index contributed by atoms with van der Waals surface area (Å²) in [6, 6.07) is 10.2. The number of nitrogens with one attached hydrogen (secondary N) is 2. The fourth-order valence-electron chi connectivity index (χ4n) is 2.44. The predicted octanol–water partition coefficient (Wildman–Crippen LogP) is 2.59. The van der Waals surface area contributed by atoms with Crippen molar-refractivity contribution in [2.24, 2.45) is 5.73 Å². The van der Waals surface area contributed by atoms with Crippen LogP contribution in [0, 0.1) is 0 Å². The van der Waals surface area contributed by atoms with Crippen molar-refractivity contribution >= 4 is 17.2 Å². The lowest BCUT2D eigenvalue weighted by molar-refractivity contribution is 0.933. The first-order valence-electron chi connectivity index (χ1n) is 7.94. The van der Waals surface area contributed by atoms with Crippen LogP contribution in [-0.2, 0) is 0 Å². The fourth-order valence-corrected chi connectivity index (χ4v) is 2.44. The smallest absolute Gasteiger partial charge is 0.165 e. The van der Waals surface area contributed by atoms with Crippen LogP contribution in [0.3, 0.4) is 0 Å². The number of anilines is 2. The van der Waals surface area contributed by atoms with Crippen LogP contribution in [0.2, 0.25) is 0 Å². The number of nitrogens with two attached hydrogens (primary N) is 1. The Hall–Kier alpha value is -2.60.